The van der Waals surface area contributed by atoms with Gasteiger partial charge in [0, 0.05) is 31.7 Å². The quantitative estimate of drug-likeness (QED) is 0.908. The van der Waals surface area contributed by atoms with Gasteiger partial charge in [-0.25, -0.2) is 4.39 Å². The molecule has 1 N–H and O–H groups in total. The predicted octanol–water partition coefficient (Wildman–Crippen LogP) is 3.34. The molecule has 0 aliphatic carbocycles. The number of halogens is 1. The van der Waals surface area contributed by atoms with E-state index in [1.807, 2.05) is 13.0 Å². The molecule has 0 radical (unpaired) electrons. The van der Waals surface area contributed by atoms with E-state index < -0.39 is 0 Å². The lowest BCUT2D eigenvalue weighted by Crippen LogP contribution is -2.56. The van der Waals surface area contributed by atoms with Gasteiger partial charge in [0.05, 0.1) is 0 Å². The van der Waals surface area contributed by atoms with Gasteiger partial charge in [-0.2, -0.15) is 0 Å². The summed E-state index contributed by atoms with van der Waals surface area (Å²) in [4.78, 5) is 2.52. The second-order valence-corrected chi connectivity index (χ2v) is 6.25. The smallest absolute Gasteiger partial charge is 0.123 e. The van der Waals surface area contributed by atoms with Crippen LogP contribution in [-0.2, 0) is 6.54 Å². The Kier molecular flexibility index (Phi) is 5.17. The van der Waals surface area contributed by atoms with Gasteiger partial charge in [0.1, 0.15) is 5.82 Å². The van der Waals surface area contributed by atoms with Crippen molar-refractivity contribution in [3.63, 3.8) is 0 Å². The van der Waals surface area contributed by atoms with E-state index in [0.29, 0.717) is 18.0 Å². The van der Waals surface area contributed by atoms with Gasteiger partial charge in [-0.15, -0.1) is 0 Å². The van der Waals surface area contributed by atoms with E-state index in [2.05, 4.69) is 31.0 Å². The van der Waals surface area contributed by atoms with Crippen molar-refractivity contribution >= 4 is 0 Å². The Balaban J connectivity index is 2.06. The third-order valence-electron chi connectivity index (χ3n) is 4.74. The molecule has 3 heteroatoms. The van der Waals surface area contributed by atoms with Crippen molar-refractivity contribution in [1.29, 1.82) is 0 Å². The van der Waals surface area contributed by atoms with Gasteiger partial charge < -0.3 is 5.32 Å². The van der Waals surface area contributed by atoms with Gasteiger partial charge in [-0.3, -0.25) is 4.90 Å². The van der Waals surface area contributed by atoms with Crippen LogP contribution >= 0.6 is 0 Å². The summed E-state index contributed by atoms with van der Waals surface area (Å²) in [5.41, 5.74) is 2.29. The van der Waals surface area contributed by atoms with Gasteiger partial charge in [-0.05, 0) is 43.0 Å². The van der Waals surface area contributed by atoms with Crippen molar-refractivity contribution < 1.29 is 4.39 Å². The topological polar surface area (TPSA) is 15.3 Å². The zero-order valence-electron chi connectivity index (χ0n) is 13.1. The first-order valence-electron chi connectivity index (χ1n) is 7.73. The third-order valence-corrected chi connectivity index (χ3v) is 4.74. The zero-order valence-corrected chi connectivity index (χ0v) is 13.1. The molecule has 3 atom stereocenters. The van der Waals surface area contributed by atoms with Crippen LogP contribution in [0.1, 0.15) is 38.3 Å². The molecule has 0 bridgehead atoms. The van der Waals surface area contributed by atoms with E-state index in [1.54, 1.807) is 12.1 Å². The molecule has 1 aliphatic heterocycles. The number of aryl methyl sites for hydroxylation is 1. The summed E-state index contributed by atoms with van der Waals surface area (Å²) in [6.45, 7) is 11.9. The summed E-state index contributed by atoms with van der Waals surface area (Å²) in [5.74, 6) is 0.552. The summed E-state index contributed by atoms with van der Waals surface area (Å²) >= 11 is 0. The summed E-state index contributed by atoms with van der Waals surface area (Å²) in [6, 6.07) is 6.23. The normalized spacial score (nSPS) is 25.6. The zero-order chi connectivity index (χ0) is 14.7. The lowest BCUT2D eigenvalue weighted by molar-refractivity contribution is 0.111. The number of nitrogens with one attached hydrogen (secondary N) is 1. The highest BCUT2D eigenvalue weighted by Gasteiger charge is 2.27. The third kappa shape index (κ3) is 3.58. The number of nitrogens with zero attached hydrogens (tertiary/aromatic N) is 1. The molecule has 112 valence electrons. The van der Waals surface area contributed by atoms with Crippen LogP contribution in [0.4, 0.5) is 4.39 Å². The maximum absolute atomic E-state index is 13.2. The minimum absolute atomic E-state index is 0.142. The van der Waals surface area contributed by atoms with Crippen molar-refractivity contribution in [2.24, 2.45) is 5.92 Å². The van der Waals surface area contributed by atoms with E-state index in [4.69, 9.17) is 0 Å². The Bertz CT molecular complexity index is 447. The summed E-state index contributed by atoms with van der Waals surface area (Å²) in [5, 5.41) is 3.66. The Morgan fingerprint density at radius 3 is 2.85 bits per heavy atom. The van der Waals surface area contributed by atoms with E-state index in [9.17, 15) is 4.39 Å². The average molecular weight is 278 g/mol. The van der Waals surface area contributed by atoms with Crippen LogP contribution in [0.3, 0.4) is 0 Å². The summed E-state index contributed by atoms with van der Waals surface area (Å²) in [7, 11) is 0. The minimum atomic E-state index is -0.142. The largest absolute Gasteiger partial charge is 0.311 e. The van der Waals surface area contributed by atoms with Gasteiger partial charge in [0.2, 0.25) is 0 Å². The molecular weight excluding hydrogens is 251 g/mol. The molecule has 20 heavy (non-hydrogen) atoms. The van der Waals surface area contributed by atoms with Gasteiger partial charge in [0.25, 0.3) is 0 Å². The molecule has 0 spiro atoms. The monoisotopic (exact) mass is 278 g/mol. The van der Waals surface area contributed by atoms with E-state index in [1.165, 1.54) is 12.0 Å². The molecule has 2 nitrogen and oxygen atoms in total. The Labute approximate surface area is 122 Å². The fraction of sp³-hybridized carbons (Fsp3) is 0.647. The van der Waals surface area contributed by atoms with Crippen LogP contribution < -0.4 is 5.32 Å². The maximum atomic E-state index is 13.2. The van der Waals surface area contributed by atoms with E-state index in [-0.39, 0.29) is 5.82 Å². The first-order valence-corrected chi connectivity index (χ1v) is 7.73. The van der Waals surface area contributed by atoms with Crippen molar-refractivity contribution in [2.75, 3.05) is 13.1 Å². The molecule has 1 heterocycles. The van der Waals surface area contributed by atoms with Crippen molar-refractivity contribution in [2.45, 2.75) is 52.7 Å². The lowest BCUT2D eigenvalue weighted by atomic mass is 9.95. The van der Waals surface area contributed by atoms with Crippen LogP contribution in [-0.4, -0.2) is 30.1 Å². The second kappa shape index (κ2) is 6.68. The van der Waals surface area contributed by atoms with Gasteiger partial charge >= 0.3 is 0 Å². The molecule has 1 aromatic carbocycles. The Morgan fingerprint density at radius 1 is 1.45 bits per heavy atom. The fourth-order valence-corrected chi connectivity index (χ4v) is 2.89. The molecule has 1 saturated heterocycles. The SMILES string of the molecule is CCC(C)C1CN(Cc2ccc(F)cc2C)C(C)CN1. The molecule has 1 aromatic rings. The van der Waals surface area contributed by atoms with Crippen molar-refractivity contribution in [1.82, 2.24) is 10.2 Å². The highest BCUT2D eigenvalue weighted by Crippen LogP contribution is 2.19. The highest BCUT2D eigenvalue weighted by molar-refractivity contribution is 5.26. The molecule has 0 amide bonds. The van der Waals surface area contributed by atoms with Crippen molar-refractivity contribution in [3.05, 3.63) is 35.1 Å². The van der Waals surface area contributed by atoms with Crippen LogP contribution in [0.2, 0.25) is 0 Å². The Hall–Kier alpha value is -0.930. The van der Waals surface area contributed by atoms with Crippen LogP contribution in [0.25, 0.3) is 0 Å². The first-order chi connectivity index (χ1) is 9.51. The van der Waals surface area contributed by atoms with E-state index in [0.717, 1.165) is 25.2 Å². The number of piperazine rings is 1. The summed E-state index contributed by atoms with van der Waals surface area (Å²) in [6.07, 6.45) is 1.20. The number of rotatable bonds is 4. The molecular formula is C17H27FN2. The highest BCUT2D eigenvalue weighted by atomic mass is 19.1. The number of hydrogen-bond donors (Lipinski definition) is 1. The first kappa shape index (κ1) is 15.5. The Morgan fingerprint density at radius 2 is 2.20 bits per heavy atom. The van der Waals surface area contributed by atoms with Crippen molar-refractivity contribution in [3.8, 4) is 0 Å². The molecule has 0 aromatic heterocycles. The lowest BCUT2D eigenvalue weighted by Gasteiger charge is -2.41. The van der Waals surface area contributed by atoms with Gasteiger partial charge in [-0.1, -0.05) is 26.3 Å². The summed E-state index contributed by atoms with van der Waals surface area (Å²) < 4.78 is 13.2. The molecule has 2 rings (SSSR count). The molecule has 3 unspecified atom stereocenters. The van der Waals surface area contributed by atoms with Crippen LogP contribution in [0, 0.1) is 18.7 Å². The number of hydrogen-bond acceptors (Lipinski definition) is 2. The predicted molar refractivity (Wildman–Crippen MR) is 82.3 cm³/mol. The molecule has 1 fully saturated rings. The van der Waals surface area contributed by atoms with Gasteiger partial charge in [0.15, 0.2) is 0 Å². The fourth-order valence-electron chi connectivity index (χ4n) is 2.89. The average Bonchev–Trinajstić information content (AvgIpc) is 2.43. The van der Waals surface area contributed by atoms with Crippen LogP contribution in [0.5, 0.6) is 0 Å². The second-order valence-electron chi connectivity index (χ2n) is 6.25. The van der Waals surface area contributed by atoms with Crippen LogP contribution in [0.15, 0.2) is 18.2 Å². The maximum Gasteiger partial charge on any atom is 0.123 e. The minimum Gasteiger partial charge on any atom is -0.311 e. The molecule has 1 aliphatic rings. The van der Waals surface area contributed by atoms with E-state index >= 15 is 0 Å². The number of benzene rings is 1. The molecule has 0 saturated carbocycles. The standard InChI is InChI=1S/C17H27FN2/c1-5-12(2)17-11-20(14(4)9-19-17)10-15-6-7-16(18)8-13(15)3/h6-8,12,14,17,19H,5,9-11H2,1-4H3.